The van der Waals surface area contributed by atoms with Crippen molar-refractivity contribution in [1.29, 1.82) is 0 Å². The average molecular weight is 262 g/mol. The Labute approximate surface area is 116 Å². The van der Waals surface area contributed by atoms with Gasteiger partial charge in [0.1, 0.15) is 0 Å². The zero-order valence-corrected chi connectivity index (χ0v) is 12.2. The fraction of sp³-hybridized carbons (Fsp3) is 0.625. The minimum absolute atomic E-state index is 0.859. The van der Waals surface area contributed by atoms with Gasteiger partial charge in [-0.2, -0.15) is 0 Å². The number of likely N-dealkylation sites (N-methyl/N-ethyl adjacent to an activating group) is 1. The summed E-state index contributed by atoms with van der Waals surface area (Å²) in [5.74, 6) is 0.869. The summed E-state index contributed by atoms with van der Waals surface area (Å²) in [5, 5.41) is 3.44. The van der Waals surface area contributed by atoms with Gasteiger partial charge in [0.05, 0.1) is 6.61 Å². The Morgan fingerprint density at radius 3 is 2.63 bits per heavy atom. The normalized spacial score (nSPS) is 14.9. The van der Waals surface area contributed by atoms with Crippen LogP contribution in [-0.4, -0.2) is 44.8 Å². The second kappa shape index (κ2) is 7.51. The molecule has 1 saturated carbocycles. The lowest BCUT2D eigenvalue weighted by molar-refractivity contribution is 0.104. The van der Waals surface area contributed by atoms with E-state index in [1.165, 1.54) is 24.1 Å². The van der Waals surface area contributed by atoms with Gasteiger partial charge in [-0.25, -0.2) is 0 Å². The van der Waals surface area contributed by atoms with E-state index in [-0.39, 0.29) is 0 Å². The molecule has 0 saturated heterocycles. The maximum Gasteiger partial charge on any atom is 0.0593 e. The molecule has 1 aliphatic carbocycles. The fourth-order valence-corrected chi connectivity index (χ4v) is 1.93. The van der Waals surface area contributed by atoms with Crippen LogP contribution >= 0.6 is 0 Å². The van der Waals surface area contributed by atoms with E-state index in [2.05, 4.69) is 48.5 Å². The highest BCUT2D eigenvalue weighted by atomic mass is 16.5. The van der Waals surface area contributed by atoms with Crippen LogP contribution in [0.4, 0.5) is 5.69 Å². The Kier molecular flexibility index (Phi) is 5.67. The molecule has 1 aliphatic rings. The Morgan fingerprint density at radius 2 is 1.95 bits per heavy atom. The van der Waals surface area contributed by atoms with Crippen LogP contribution in [0.5, 0.6) is 0 Å². The Morgan fingerprint density at radius 1 is 1.21 bits per heavy atom. The lowest BCUT2D eigenvalue weighted by atomic mass is 10.2. The fourth-order valence-electron chi connectivity index (χ4n) is 1.93. The van der Waals surface area contributed by atoms with Crippen molar-refractivity contribution < 1.29 is 4.74 Å². The molecule has 3 heteroatoms. The maximum atomic E-state index is 5.64. The highest BCUT2D eigenvalue weighted by Gasteiger charge is 2.20. The summed E-state index contributed by atoms with van der Waals surface area (Å²) in [6.07, 6.45) is 2.74. The molecule has 0 unspecified atom stereocenters. The summed E-state index contributed by atoms with van der Waals surface area (Å²) >= 11 is 0. The van der Waals surface area contributed by atoms with Gasteiger partial charge in [-0.1, -0.05) is 17.7 Å². The molecule has 1 aromatic carbocycles. The summed E-state index contributed by atoms with van der Waals surface area (Å²) in [4.78, 5) is 2.31. The molecule has 0 heterocycles. The molecule has 0 radical (unpaired) electrons. The number of benzene rings is 1. The van der Waals surface area contributed by atoms with Gasteiger partial charge in [-0.05, 0) is 44.9 Å². The van der Waals surface area contributed by atoms with Gasteiger partial charge in [0.25, 0.3) is 0 Å². The topological polar surface area (TPSA) is 24.5 Å². The molecular weight excluding hydrogens is 236 g/mol. The highest BCUT2D eigenvalue weighted by Crippen LogP contribution is 2.28. The zero-order chi connectivity index (χ0) is 13.5. The van der Waals surface area contributed by atoms with Crippen LogP contribution < -0.4 is 5.32 Å². The lowest BCUT2D eigenvalue weighted by Gasteiger charge is -2.17. The van der Waals surface area contributed by atoms with Crippen LogP contribution in [0, 0.1) is 12.8 Å². The summed E-state index contributed by atoms with van der Waals surface area (Å²) in [7, 11) is 2.15. The third kappa shape index (κ3) is 6.08. The van der Waals surface area contributed by atoms with E-state index in [4.69, 9.17) is 4.74 Å². The van der Waals surface area contributed by atoms with Crippen molar-refractivity contribution >= 4 is 5.69 Å². The molecule has 0 aliphatic heterocycles. The number of aryl methyl sites for hydroxylation is 1. The molecule has 1 fully saturated rings. The van der Waals surface area contributed by atoms with Gasteiger partial charge in [0.15, 0.2) is 0 Å². The molecule has 3 nitrogen and oxygen atoms in total. The minimum Gasteiger partial charge on any atom is -0.384 e. The predicted molar refractivity (Wildman–Crippen MR) is 80.7 cm³/mol. The molecule has 1 aromatic rings. The molecule has 1 N–H and O–H groups in total. The molecule has 19 heavy (non-hydrogen) atoms. The van der Waals surface area contributed by atoms with Gasteiger partial charge in [0.2, 0.25) is 0 Å². The lowest BCUT2D eigenvalue weighted by Crippen LogP contribution is -2.28. The van der Waals surface area contributed by atoms with Crippen LogP contribution in [0.1, 0.15) is 18.4 Å². The second-order valence-electron chi connectivity index (χ2n) is 5.61. The van der Waals surface area contributed by atoms with Crippen molar-refractivity contribution in [2.45, 2.75) is 19.8 Å². The Bertz CT molecular complexity index is 360. The van der Waals surface area contributed by atoms with Crippen LogP contribution in [0.25, 0.3) is 0 Å². The van der Waals surface area contributed by atoms with Crippen LogP contribution in [0.2, 0.25) is 0 Å². The first-order valence-corrected chi connectivity index (χ1v) is 7.31. The second-order valence-corrected chi connectivity index (χ2v) is 5.61. The van der Waals surface area contributed by atoms with Gasteiger partial charge < -0.3 is 15.0 Å². The molecule has 0 amide bonds. The van der Waals surface area contributed by atoms with Crippen molar-refractivity contribution in [3.05, 3.63) is 29.8 Å². The zero-order valence-electron chi connectivity index (χ0n) is 12.2. The summed E-state index contributed by atoms with van der Waals surface area (Å²) < 4.78 is 5.64. The molecule has 0 spiro atoms. The first kappa shape index (κ1) is 14.4. The quantitative estimate of drug-likeness (QED) is 0.693. The summed E-state index contributed by atoms with van der Waals surface area (Å²) in [5.41, 5.74) is 2.50. The summed E-state index contributed by atoms with van der Waals surface area (Å²) in [6, 6.07) is 8.54. The summed E-state index contributed by atoms with van der Waals surface area (Å²) in [6.45, 7) is 6.97. The van der Waals surface area contributed by atoms with E-state index < -0.39 is 0 Å². The predicted octanol–water partition coefficient (Wildman–Crippen LogP) is 2.77. The Balaban J connectivity index is 1.50. The molecule has 0 atom stereocenters. The van der Waals surface area contributed by atoms with Crippen LogP contribution in [0.15, 0.2) is 24.3 Å². The van der Waals surface area contributed by atoms with E-state index in [1.54, 1.807) is 0 Å². The largest absolute Gasteiger partial charge is 0.384 e. The van der Waals surface area contributed by atoms with Crippen molar-refractivity contribution in [1.82, 2.24) is 4.90 Å². The molecule has 0 aromatic heterocycles. The SMILES string of the molecule is Cc1ccc(NCCN(C)CCOCC2CC2)cc1. The van der Waals surface area contributed by atoms with Gasteiger partial charge in [-0.3, -0.25) is 0 Å². The number of hydrogen-bond donors (Lipinski definition) is 1. The van der Waals surface area contributed by atoms with E-state index in [9.17, 15) is 0 Å². The first-order chi connectivity index (χ1) is 9.24. The van der Waals surface area contributed by atoms with Crippen molar-refractivity contribution in [2.75, 3.05) is 45.2 Å². The number of rotatable bonds is 9. The average Bonchev–Trinajstić information content (AvgIpc) is 3.21. The van der Waals surface area contributed by atoms with Gasteiger partial charge >= 0.3 is 0 Å². The monoisotopic (exact) mass is 262 g/mol. The number of nitrogens with one attached hydrogen (secondary N) is 1. The molecule has 106 valence electrons. The molecular formula is C16H26N2O. The molecule has 0 bridgehead atoms. The van der Waals surface area contributed by atoms with Gasteiger partial charge in [0, 0.05) is 31.9 Å². The third-order valence-corrected chi connectivity index (χ3v) is 3.54. The van der Waals surface area contributed by atoms with Crippen LogP contribution in [-0.2, 0) is 4.74 Å². The van der Waals surface area contributed by atoms with E-state index >= 15 is 0 Å². The maximum absolute atomic E-state index is 5.64. The van der Waals surface area contributed by atoms with Crippen LogP contribution in [0.3, 0.4) is 0 Å². The van der Waals surface area contributed by atoms with Crippen molar-refractivity contribution in [3.8, 4) is 0 Å². The van der Waals surface area contributed by atoms with E-state index in [0.29, 0.717) is 0 Å². The third-order valence-electron chi connectivity index (χ3n) is 3.54. The minimum atomic E-state index is 0.859. The highest BCUT2D eigenvalue weighted by molar-refractivity contribution is 5.44. The number of ether oxygens (including phenoxy) is 1. The number of nitrogens with zero attached hydrogens (tertiary/aromatic N) is 1. The van der Waals surface area contributed by atoms with E-state index in [0.717, 1.165) is 38.8 Å². The number of anilines is 1. The standard InChI is InChI=1S/C16H26N2O/c1-14-3-7-16(8-4-14)17-9-10-18(2)11-12-19-13-15-5-6-15/h3-4,7-8,15,17H,5-6,9-13H2,1-2H3. The van der Waals surface area contributed by atoms with Crippen molar-refractivity contribution in [2.24, 2.45) is 5.92 Å². The first-order valence-electron chi connectivity index (χ1n) is 7.31. The smallest absolute Gasteiger partial charge is 0.0593 e. The van der Waals surface area contributed by atoms with Gasteiger partial charge in [-0.15, -0.1) is 0 Å². The molecule has 2 rings (SSSR count). The van der Waals surface area contributed by atoms with E-state index in [1.807, 2.05) is 0 Å². The van der Waals surface area contributed by atoms with Crippen molar-refractivity contribution in [3.63, 3.8) is 0 Å². The number of hydrogen-bond acceptors (Lipinski definition) is 3. The Hall–Kier alpha value is -1.06.